The Kier molecular flexibility index (Phi) is 6.49. The molecule has 0 bridgehead atoms. The fraction of sp³-hybridized carbons (Fsp3) is 0.846. The Morgan fingerprint density at radius 3 is 2.93 bits per heavy atom. The predicted octanol–water partition coefficient (Wildman–Crippen LogP) is 3.10. The van der Waals surface area contributed by atoms with Crippen molar-refractivity contribution in [3.63, 3.8) is 0 Å². The molecule has 0 amide bonds. The molecule has 0 aromatic heterocycles. The highest BCUT2D eigenvalue weighted by Gasteiger charge is 2.22. The van der Waals surface area contributed by atoms with Crippen LogP contribution < -0.4 is 5.32 Å². The first-order valence-corrected chi connectivity index (χ1v) is 6.34. The average Bonchev–Trinajstić information content (AvgIpc) is 2.29. The van der Waals surface area contributed by atoms with Crippen molar-refractivity contribution in [1.82, 2.24) is 5.32 Å². The van der Waals surface area contributed by atoms with Gasteiger partial charge in [0.15, 0.2) is 0 Å². The Balaban J connectivity index is 2.09. The van der Waals surface area contributed by atoms with Crippen molar-refractivity contribution in [2.24, 2.45) is 5.92 Å². The van der Waals surface area contributed by atoms with Crippen LogP contribution in [0.1, 0.15) is 45.4 Å². The van der Waals surface area contributed by atoms with Crippen LogP contribution in [0.4, 0.5) is 0 Å². The van der Waals surface area contributed by atoms with Gasteiger partial charge in [0.2, 0.25) is 0 Å². The van der Waals surface area contributed by atoms with Gasteiger partial charge < -0.3 is 10.1 Å². The van der Waals surface area contributed by atoms with Gasteiger partial charge in [0.25, 0.3) is 0 Å². The van der Waals surface area contributed by atoms with Crippen molar-refractivity contribution in [2.45, 2.75) is 51.5 Å². The molecule has 1 saturated carbocycles. The molecule has 0 aromatic carbocycles. The van der Waals surface area contributed by atoms with Gasteiger partial charge in [-0.3, -0.25) is 0 Å². The highest BCUT2D eigenvalue weighted by molar-refractivity contribution is 4.79. The van der Waals surface area contributed by atoms with Crippen LogP contribution in [0.3, 0.4) is 0 Å². The molecule has 2 heteroatoms. The molecule has 0 heterocycles. The van der Waals surface area contributed by atoms with Crippen LogP contribution in [0.15, 0.2) is 12.8 Å². The number of ether oxygens (including phenoxy) is 1. The zero-order valence-electron chi connectivity index (χ0n) is 10.0. The Bertz CT molecular complexity index is 170. The lowest BCUT2D eigenvalue weighted by molar-refractivity contribution is 0.224. The van der Waals surface area contributed by atoms with Gasteiger partial charge in [-0.2, -0.15) is 0 Å². The molecule has 1 N–H and O–H groups in total. The molecule has 0 spiro atoms. The fourth-order valence-electron chi connectivity index (χ4n) is 2.49. The molecule has 0 aliphatic heterocycles. The summed E-state index contributed by atoms with van der Waals surface area (Å²) >= 11 is 0. The predicted molar refractivity (Wildman–Crippen MR) is 64.8 cm³/mol. The van der Waals surface area contributed by atoms with Crippen LogP contribution in [0.5, 0.6) is 0 Å². The average molecular weight is 211 g/mol. The zero-order chi connectivity index (χ0) is 10.9. The largest absolute Gasteiger partial charge is 0.502 e. The van der Waals surface area contributed by atoms with E-state index in [4.69, 9.17) is 4.74 Å². The molecule has 0 radical (unpaired) electrons. The molecule has 2 nitrogen and oxygen atoms in total. The Labute approximate surface area is 94.1 Å². The molecule has 15 heavy (non-hydrogen) atoms. The lowest BCUT2D eigenvalue weighted by atomic mass is 9.83. The van der Waals surface area contributed by atoms with Crippen molar-refractivity contribution in [2.75, 3.05) is 13.2 Å². The van der Waals surface area contributed by atoms with Crippen LogP contribution in [0.2, 0.25) is 0 Å². The third-order valence-electron chi connectivity index (χ3n) is 3.40. The molecule has 88 valence electrons. The van der Waals surface area contributed by atoms with Gasteiger partial charge in [-0.1, -0.05) is 32.8 Å². The van der Waals surface area contributed by atoms with Gasteiger partial charge in [0.1, 0.15) is 0 Å². The molecule has 1 rings (SSSR count). The van der Waals surface area contributed by atoms with E-state index in [1.165, 1.54) is 38.4 Å². The quantitative estimate of drug-likeness (QED) is 0.516. The topological polar surface area (TPSA) is 21.3 Å². The minimum Gasteiger partial charge on any atom is -0.502 e. The summed E-state index contributed by atoms with van der Waals surface area (Å²) in [6, 6.07) is 0.757. The van der Waals surface area contributed by atoms with E-state index in [-0.39, 0.29) is 0 Å². The molecule has 0 aromatic rings. The standard InChI is InChI=1S/C13H25NO/c1-3-12-8-5-6-9-13(12)14-10-7-11-15-4-2/h4,12-14H,2-3,5-11H2,1H3. The smallest absolute Gasteiger partial charge is 0.0885 e. The maximum atomic E-state index is 5.10. The van der Waals surface area contributed by atoms with E-state index in [0.717, 1.165) is 31.5 Å². The minimum atomic E-state index is 0.757. The summed E-state index contributed by atoms with van der Waals surface area (Å²) in [6.45, 7) is 7.71. The van der Waals surface area contributed by atoms with E-state index >= 15 is 0 Å². The first kappa shape index (κ1) is 12.6. The second kappa shape index (κ2) is 7.75. The van der Waals surface area contributed by atoms with Gasteiger partial charge in [0, 0.05) is 6.04 Å². The molecule has 1 aliphatic rings. The SMILES string of the molecule is C=COCCCNC1CCCCC1CC. The Hall–Kier alpha value is -0.500. The summed E-state index contributed by atoms with van der Waals surface area (Å²) in [5, 5.41) is 3.67. The first-order valence-electron chi connectivity index (χ1n) is 6.34. The number of hydrogen-bond donors (Lipinski definition) is 1. The maximum Gasteiger partial charge on any atom is 0.0885 e. The molecule has 1 aliphatic carbocycles. The van der Waals surface area contributed by atoms with Crippen molar-refractivity contribution < 1.29 is 4.74 Å². The van der Waals surface area contributed by atoms with Crippen LogP contribution in [0, 0.1) is 5.92 Å². The Morgan fingerprint density at radius 1 is 1.40 bits per heavy atom. The van der Waals surface area contributed by atoms with E-state index in [1.54, 1.807) is 0 Å². The summed E-state index contributed by atoms with van der Waals surface area (Å²) < 4.78 is 5.10. The lowest BCUT2D eigenvalue weighted by Gasteiger charge is -2.31. The van der Waals surface area contributed by atoms with Crippen molar-refractivity contribution in [3.05, 3.63) is 12.8 Å². The Morgan fingerprint density at radius 2 is 2.20 bits per heavy atom. The van der Waals surface area contributed by atoms with Crippen molar-refractivity contribution >= 4 is 0 Å². The van der Waals surface area contributed by atoms with Gasteiger partial charge >= 0.3 is 0 Å². The molecular formula is C13H25NO. The summed E-state index contributed by atoms with van der Waals surface area (Å²) in [5.41, 5.74) is 0. The lowest BCUT2D eigenvalue weighted by Crippen LogP contribution is -2.39. The summed E-state index contributed by atoms with van der Waals surface area (Å²) in [6.07, 6.45) is 9.53. The van der Waals surface area contributed by atoms with E-state index in [0.29, 0.717) is 0 Å². The number of nitrogens with one attached hydrogen (secondary N) is 1. The highest BCUT2D eigenvalue weighted by atomic mass is 16.5. The third kappa shape index (κ3) is 4.70. The van der Waals surface area contributed by atoms with Crippen LogP contribution in [0.25, 0.3) is 0 Å². The van der Waals surface area contributed by atoms with E-state index in [2.05, 4.69) is 18.8 Å². The fourth-order valence-corrected chi connectivity index (χ4v) is 2.49. The zero-order valence-corrected chi connectivity index (χ0v) is 10.0. The molecule has 1 fully saturated rings. The van der Waals surface area contributed by atoms with Crippen molar-refractivity contribution in [3.8, 4) is 0 Å². The monoisotopic (exact) mass is 211 g/mol. The van der Waals surface area contributed by atoms with E-state index in [1.807, 2.05) is 0 Å². The van der Waals surface area contributed by atoms with Crippen molar-refractivity contribution in [1.29, 1.82) is 0 Å². The van der Waals surface area contributed by atoms with E-state index < -0.39 is 0 Å². The minimum absolute atomic E-state index is 0.757. The molecule has 2 atom stereocenters. The summed E-state index contributed by atoms with van der Waals surface area (Å²) in [7, 11) is 0. The normalized spacial score (nSPS) is 26.2. The van der Waals surface area contributed by atoms with Crippen LogP contribution >= 0.6 is 0 Å². The maximum absolute atomic E-state index is 5.10. The molecular weight excluding hydrogens is 186 g/mol. The van der Waals surface area contributed by atoms with Gasteiger partial charge in [-0.25, -0.2) is 0 Å². The summed E-state index contributed by atoms with van der Waals surface area (Å²) in [4.78, 5) is 0. The number of rotatable bonds is 7. The third-order valence-corrected chi connectivity index (χ3v) is 3.40. The van der Waals surface area contributed by atoms with Crippen LogP contribution in [-0.4, -0.2) is 19.2 Å². The van der Waals surface area contributed by atoms with Gasteiger partial charge in [-0.15, -0.1) is 0 Å². The van der Waals surface area contributed by atoms with Gasteiger partial charge in [0.05, 0.1) is 12.9 Å². The van der Waals surface area contributed by atoms with E-state index in [9.17, 15) is 0 Å². The second-order valence-corrected chi connectivity index (χ2v) is 4.40. The summed E-state index contributed by atoms with van der Waals surface area (Å²) in [5.74, 6) is 0.902. The van der Waals surface area contributed by atoms with Gasteiger partial charge in [-0.05, 0) is 31.7 Å². The van der Waals surface area contributed by atoms with Crippen LogP contribution in [-0.2, 0) is 4.74 Å². The highest BCUT2D eigenvalue weighted by Crippen LogP contribution is 2.26. The second-order valence-electron chi connectivity index (χ2n) is 4.40. The first-order chi connectivity index (χ1) is 7.38. The number of hydrogen-bond acceptors (Lipinski definition) is 2. The molecule has 2 unspecified atom stereocenters. The molecule has 0 saturated heterocycles.